The maximum Gasteiger partial charge on any atom is 0.246 e. The molecule has 1 aromatic rings. The van der Waals surface area contributed by atoms with E-state index in [1.54, 1.807) is 0 Å². The highest BCUT2D eigenvalue weighted by molar-refractivity contribution is 7.89. The molecule has 0 aliphatic heterocycles. The fourth-order valence-electron chi connectivity index (χ4n) is 1.34. The van der Waals surface area contributed by atoms with E-state index < -0.39 is 10.0 Å². The number of sulfonamides is 1. The van der Waals surface area contributed by atoms with Crippen LogP contribution >= 0.6 is 23.2 Å². The second-order valence-electron chi connectivity index (χ2n) is 3.54. The normalized spacial score (nSPS) is 11.5. The van der Waals surface area contributed by atoms with Crippen LogP contribution in [-0.2, 0) is 10.0 Å². The lowest BCUT2D eigenvalue weighted by atomic mass is 10.3. The minimum atomic E-state index is -3.82. The van der Waals surface area contributed by atoms with Gasteiger partial charge in [-0.1, -0.05) is 23.2 Å². The van der Waals surface area contributed by atoms with Crippen molar-refractivity contribution in [3.05, 3.63) is 22.2 Å². The van der Waals surface area contributed by atoms with Crippen LogP contribution in [0.25, 0.3) is 0 Å². The predicted molar refractivity (Wildman–Crippen MR) is 70.9 cm³/mol. The van der Waals surface area contributed by atoms with Gasteiger partial charge in [0.15, 0.2) is 0 Å². The Kier molecular flexibility index (Phi) is 4.82. The van der Waals surface area contributed by atoms with Crippen LogP contribution in [0.1, 0.15) is 6.42 Å². The summed E-state index contributed by atoms with van der Waals surface area (Å²) in [6, 6.07) is 4.50. The molecule has 0 fully saturated rings. The van der Waals surface area contributed by atoms with Crippen LogP contribution in [0.4, 0.5) is 5.69 Å². The van der Waals surface area contributed by atoms with Gasteiger partial charge in [-0.15, -0.1) is 0 Å². The second kappa shape index (κ2) is 5.76. The Morgan fingerprint density at radius 2 is 2.06 bits per heavy atom. The molecular weight excluding hydrogens is 297 g/mol. The maximum absolute atomic E-state index is 12.2. The summed E-state index contributed by atoms with van der Waals surface area (Å²) < 4.78 is 25.4. The van der Waals surface area contributed by atoms with Crippen molar-refractivity contribution < 1.29 is 8.42 Å². The zero-order valence-electron chi connectivity index (χ0n) is 9.52. The van der Waals surface area contributed by atoms with Crippen molar-refractivity contribution >= 4 is 38.9 Å². The Morgan fingerprint density at radius 3 is 2.56 bits per heavy atom. The molecule has 8 heteroatoms. The summed E-state index contributed by atoms with van der Waals surface area (Å²) in [6.45, 7) is 0.0667. The second-order valence-corrected chi connectivity index (χ2v) is 6.37. The van der Waals surface area contributed by atoms with Gasteiger partial charge in [0.1, 0.15) is 4.90 Å². The number of hydrogen-bond acceptors (Lipinski definition) is 4. The van der Waals surface area contributed by atoms with Crippen molar-refractivity contribution in [1.29, 1.82) is 5.26 Å². The van der Waals surface area contributed by atoms with Crippen molar-refractivity contribution in [3.63, 3.8) is 0 Å². The average molecular weight is 308 g/mol. The third-order valence-corrected chi connectivity index (χ3v) is 4.85. The largest absolute Gasteiger partial charge is 0.398 e. The molecule has 0 unspecified atom stereocenters. The third-order valence-electron chi connectivity index (χ3n) is 2.24. The number of rotatable bonds is 4. The molecule has 0 aliphatic rings. The van der Waals surface area contributed by atoms with Crippen LogP contribution < -0.4 is 5.73 Å². The summed E-state index contributed by atoms with van der Waals surface area (Å²) in [5.74, 6) is 0. The maximum atomic E-state index is 12.2. The topological polar surface area (TPSA) is 87.2 Å². The lowest BCUT2D eigenvalue weighted by Crippen LogP contribution is -2.28. The standard InChI is InChI=1S/C10H11Cl2N3O2S/c1-15(4-2-3-13)18(16,17)10-8(12)5-7(11)6-9(10)14/h5-6H,2,4,14H2,1H3. The lowest BCUT2D eigenvalue weighted by Gasteiger charge is -2.18. The number of benzene rings is 1. The van der Waals surface area contributed by atoms with Crippen LogP contribution in [0.2, 0.25) is 10.0 Å². The number of nitrogen functional groups attached to an aromatic ring is 1. The Bertz CT molecular complexity index is 573. The fraction of sp³-hybridized carbons (Fsp3) is 0.300. The average Bonchev–Trinajstić information content (AvgIpc) is 2.23. The number of nitrogens with zero attached hydrogens (tertiary/aromatic N) is 2. The van der Waals surface area contributed by atoms with Gasteiger partial charge >= 0.3 is 0 Å². The molecule has 0 saturated heterocycles. The molecule has 0 saturated carbocycles. The van der Waals surface area contributed by atoms with Gasteiger partial charge in [-0.2, -0.15) is 9.57 Å². The molecule has 0 aliphatic carbocycles. The first kappa shape index (κ1) is 15.1. The molecule has 0 amide bonds. The summed E-state index contributed by atoms with van der Waals surface area (Å²) >= 11 is 11.6. The van der Waals surface area contributed by atoms with Gasteiger partial charge in [0.25, 0.3) is 0 Å². The van der Waals surface area contributed by atoms with E-state index in [-0.39, 0.29) is 33.6 Å². The number of halogens is 2. The summed E-state index contributed by atoms with van der Waals surface area (Å²) in [5.41, 5.74) is 5.62. The molecule has 0 radical (unpaired) electrons. The molecule has 1 rings (SSSR count). The van der Waals surface area contributed by atoms with Crippen LogP contribution in [0.15, 0.2) is 17.0 Å². The van der Waals surface area contributed by atoms with E-state index in [1.165, 1.54) is 19.2 Å². The lowest BCUT2D eigenvalue weighted by molar-refractivity contribution is 0.477. The van der Waals surface area contributed by atoms with E-state index in [4.69, 9.17) is 34.2 Å². The summed E-state index contributed by atoms with van der Waals surface area (Å²) in [4.78, 5) is -0.186. The molecule has 98 valence electrons. The Hall–Kier alpha value is -1.000. The summed E-state index contributed by atoms with van der Waals surface area (Å²) in [5, 5.41) is 8.68. The SMILES string of the molecule is CN(CCC#N)S(=O)(=O)c1c(N)cc(Cl)cc1Cl. The van der Waals surface area contributed by atoms with E-state index in [2.05, 4.69) is 0 Å². The third kappa shape index (κ3) is 3.06. The van der Waals surface area contributed by atoms with Gasteiger partial charge in [0.2, 0.25) is 10.0 Å². The quantitative estimate of drug-likeness (QED) is 0.863. The molecule has 18 heavy (non-hydrogen) atoms. The molecule has 0 atom stereocenters. The van der Waals surface area contributed by atoms with E-state index in [0.717, 1.165) is 4.31 Å². The molecule has 0 bridgehead atoms. The van der Waals surface area contributed by atoms with Crippen LogP contribution in [0.5, 0.6) is 0 Å². The Labute approximate surface area is 116 Å². The van der Waals surface area contributed by atoms with Gasteiger partial charge in [-0.05, 0) is 12.1 Å². The highest BCUT2D eigenvalue weighted by Gasteiger charge is 2.26. The number of hydrogen-bond donors (Lipinski definition) is 1. The van der Waals surface area contributed by atoms with Crippen molar-refractivity contribution in [2.24, 2.45) is 0 Å². The van der Waals surface area contributed by atoms with E-state index >= 15 is 0 Å². The van der Waals surface area contributed by atoms with E-state index in [0.29, 0.717) is 0 Å². The molecule has 2 N–H and O–H groups in total. The molecule has 0 aromatic heterocycles. The molecule has 0 heterocycles. The number of nitriles is 1. The molecule has 0 spiro atoms. The highest BCUT2D eigenvalue weighted by Crippen LogP contribution is 2.32. The highest BCUT2D eigenvalue weighted by atomic mass is 35.5. The first-order chi connectivity index (χ1) is 8.30. The van der Waals surface area contributed by atoms with Gasteiger partial charge < -0.3 is 5.73 Å². The van der Waals surface area contributed by atoms with Gasteiger partial charge in [-0.25, -0.2) is 8.42 Å². The van der Waals surface area contributed by atoms with E-state index in [9.17, 15) is 8.42 Å². The number of anilines is 1. The van der Waals surface area contributed by atoms with Gasteiger partial charge in [0, 0.05) is 25.0 Å². The van der Waals surface area contributed by atoms with Crippen molar-refractivity contribution in [3.8, 4) is 6.07 Å². The summed E-state index contributed by atoms with van der Waals surface area (Å²) in [6.07, 6.45) is 0.0842. The van der Waals surface area contributed by atoms with Crippen molar-refractivity contribution in [1.82, 2.24) is 4.31 Å². The zero-order chi connectivity index (χ0) is 13.9. The van der Waals surface area contributed by atoms with Gasteiger partial charge in [0.05, 0.1) is 16.8 Å². The van der Waals surface area contributed by atoms with Crippen LogP contribution in [0, 0.1) is 11.3 Å². The molecule has 1 aromatic carbocycles. The minimum Gasteiger partial charge on any atom is -0.398 e. The first-order valence-electron chi connectivity index (χ1n) is 4.88. The van der Waals surface area contributed by atoms with E-state index in [1.807, 2.05) is 6.07 Å². The molecule has 5 nitrogen and oxygen atoms in total. The van der Waals surface area contributed by atoms with Crippen LogP contribution in [0.3, 0.4) is 0 Å². The molecular formula is C10H11Cl2N3O2S. The van der Waals surface area contributed by atoms with Gasteiger partial charge in [-0.3, -0.25) is 0 Å². The Balaban J connectivity index is 3.26. The van der Waals surface area contributed by atoms with Crippen molar-refractivity contribution in [2.75, 3.05) is 19.3 Å². The Morgan fingerprint density at radius 1 is 1.44 bits per heavy atom. The van der Waals surface area contributed by atoms with Crippen molar-refractivity contribution in [2.45, 2.75) is 11.3 Å². The minimum absolute atomic E-state index is 0.0173. The zero-order valence-corrected chi connectivity index (χ0v) is 11.8. The summed E-state index contributed by atoms with van der Waals surface area (Å²) in [7, 11) is -2.46. The monoisotopic (exact) mass is 307 g/mol. The predicted octanol–water partition coefficient (Wildman–Crippen LogP) is 2.11. The fourth-order valence-corrected chi connectivity index (χ4v) is 3.44. The number of nitrogens with two attached hydrogens (primary N) is 1. The smallest absolute Gasteiger partial charge is 0.246 e. The first-order valence-corrected chi connectivity index (χ1v) is 7.08. The van der Waals surface area contributed by atoms with Crippen LogP contribution in [-0.4, -0.2) is 26.3 Å².